The van der Waals surface area contributed by atoms with Gasteiger partial charge >= 0.3 is 6.18 Å². The zero-order valence-corrected chi connectivity index (χ0v) is 15.0. The second-order valence-corrected chi connectivity index (χ2v) is 6.03. The van der Waals surface area contributed by atoms with Gasteiger partial charge in [-0.2, -0.15) is 13.2 Å². The van der Waals surface area contributed by atoms with Crippen molar-refractivity contribution in [2.24, 2.45) is 0 Å². The van der Waals surface area contributed by atoms with E-state index in [9.17, 15) is 13.2 Å². The second-order valence-electron chi connectivity index (χ2n) is 6.03. The van der Waals surface area contributed by atoms with Crippen molar-refractivity contribution in [1.29, 1.82) is 0 Å². The minimum Gasteiger partial charge on any atom is -0.486 e. The van der Waals surface area contributed by atoms with Gasteiger partial charge in [-0.1, -0.05) is 18.2 Å². The number of aryl methyl sites for hydroxylation is 1. The van der Waals surface area contributed by atoms with Crippen molar-refractivity contribution in [2.45, 2.75) is 32.7 Å². The Morgan fingerprint density at radius 2 is 1.85 bits per heavy atom. The standard InChI is InChI=1S/C20H21F3N2O2/c1-2-26-12-6-11-25-18-10-9-15(20(21,22)23)13-17(18)24-19(25)14-27-16-7-4-3-5-8-16/h3-5,7-10,13H,2,6,11-12,14H2,1H3. The summed E-state index contributed by atoms with van der Waals surface area (Å²) >= 11 is 0. The molecule has 0 atom stereocenters. The van der Waals surface area contributed by atoms with Gasteiger partial charge in [0.25, 0.3) is 0 Å². The average Bonchev–Trinajstić information content (AvgIpc) is 3.00. The van der Waals surface area contributed by atoms with Gasteiger partial charge in [0.2, 0.25) is 0 Å². The van der Waals surface area contributed by atoms with Crippen LogP contribution >= 0.6 is 0 Å². The first-order valence-electron chi connectivity index (χ1n) is 8.81. The first-order valence-corrected chi connectivity index (χ1v) is 8.81. The van der Waals surface area contributed by atoms with Crippen molar-refractivity contribution in [1.82, 2.24) is 9.55 Å². The molecule has 0 aliphatic rings. The molecule has 0 spiro atoms. The number of aromatic nitrogens is 2. The molecule has 0 fully saturated rings. The van der Waals surface area contributed by atoms with Crippen molar-refractivity contribution in [3.8, 4) is 5.75 Å². The zero-order chi connectivity index (χ0) is 19.3. The number of para-hydroxylation sites is 1. The molecule has 0 saturated carbocycles. The number of hydrogen-bond donors (Lipinski definition) is 0. The largest absolute Gasteiger partial charge is 0.486 e. The Balaban J connectivity index is 1.88. The van der Waals surface area contributed by atoms with Crippen LogP contribution in [0.2, 0.25) is 0 Å². The number of hydrogen-bond acceptors (Lipinski definition) is 3. The Bertz CT molecular complexity index is 876. The zero-order valence-electron chi connectivity index (χ0n) is 15.0. The van der Waals surface area contributed by atoms with Crippen LogP contribution in [0.1, 0.15) is 24.7 Å². The number of ether oxygens (including phenoxy) is 2. The van der Waals surface area contributed by atoms with Gasteiger partial charge < -0.3 is 14.0 Å². The molecule has 27 heavy (non-hydrogen) atoms. The lowest BCUT2D eigenvalue weighted by molar-refractivity contribution is -0.137. The second kappa shape index (κ2) is 8.43. The van der Waals surface area contributed by atoms with Crippen LogP contribution < -0.4 is 4.74 Å². The summed E-state index contributed by atoms with van der Waals surface area (Å²) in [5, 5.41) is 0. The van der Waals surface area contributed by atoms with E-state index in [0.29, 0.717) is 42.4 Å². The van der Waals surface area contributed by atoms with Gasteiger partial charge in [-0.15, -0.1) is 0 Å². The molecular formula is C20H21F3N2O2. The molecule has 4 nitrogen and oxygen atoms in total. The van der Waals surface area contributed by atoms with E-state index in [-0.39, 0.29) is 6.61 Å². The predicted molar refractivity (Wildman–Crippen MR) is 96.6 cm³/mol. The van der Waals surface area contributed by atoms with Gasteiger partial charge in [-0.05, 0) is 43.7 Å². The van der Waals surface area contributed by atoms with Crippen LogP contribution in [0.25, 0.3) is 11.0 Å². The number of alkyl halides is 3. The van der Waals surface area contributed by atoms with E-state index >= 15 is 0 Å². The lowest BCUT2D eigenvalue weighted by Gasteiger charge is -2.11. The third-order valence-electron chi connectivity index (χ3n) is 4.14. The van der Waals surface area contributed by atoms with E-state index in [4.69, 9.17) is 9.47 Å². The van der Waals surface area contributed by atoms with Crippen LogP contribution in [0.5, 0.6) is 5.75 Å². The highest BCUT2D eigenvalue weighted by Crippen LogP contribution is 2.31. The summed E-state index contributed by atoms with van der Waals surface area (Å²) in [7, 11) is 0. The minimum atomic E-state index is -4.40. The number of rotatable bonds is 8. The summed E-state index contributed by atoms with van der Waals surface area (Å²) in [4.78, 5) is 4.40. The highest BCUT2D eigenvalue weighted by molar-refractivity contribution is 5.77. The maximum absolute atomic E-state index is 13.0. The molecule has 2 aromatic carbocycles. The fraction of sp³-hybridized carbons (Fsp3) is 0.350. The Morgan fingerprint density at radius 1 is 1.07 bits per heavy atom. The predicted octanol–water partition coefficient (Wildman–Crippen LogP) is 5.06. The third-order valence-corrected chi connectivity index (χ3v) is 4.14. The summed E-state index contributed by atoms with van der Waals surface area (Å²) in [5.41, 5.74) is 0.267. The van der Waals surface area contributed by atoms with Gasteiger partial charge in [0.1, 0.15) is 18.2 Å². The van der Waals surface area contributed by atoms with E-state index in [0.717, 1.165) is 18.6 Å². The van der Waals surface area contributed by atoms with Crippen LogP contribution in [-0.2, 0) is 24.1 Å². The third kappa shape index (κ3) is 4.80. The van der Waals surface area contributed by atoms with E-state index in [1.807, 2.05) is 41.8 Å². The van der Waals surface area contributed by atoms with E-state index in [1.165, 1.54) is 6.07 Å². The fourth-order valence-electron chi connectivity index (χ4n) is 2.85. The number of nitrogens with zero attached hydrogens (tertiary/aromatic N) is 2. The fourth-order valence-corrected chi connectivity index (χ4v) is 2.85. The van der Waals surface area contributed by atoms with Crippen LogP contribution in [0.15, 0.2) is 48.5 Å². The molecule has 0 saturated heterocycles. The Morgan fingerprint density at radius 3 is 2.56 bits per heavy atom. The molecule has 0 aliphatic heterocycles. The molecule has 0 N–H and O–H groups in total. The topological polar surface area (TPSA) is 36.3 Å². The number of fused-ring (bicyclic) bond motifs is 1. The molecule has 7 heteroatoms. The van der Waals surface area contributed by atoms with Crippen LogP contribution in [0.4, 0.5) is 13.2 Å². The first-order chi connectivity index (χ1) is 13.0. The molecule has 3 aromatic rings. The lowest BCUT2D eigenvalue weighted by Crippen LogP contribution is -2.09. The van der Waals surface area contributed by atoms with Crippen molar-refractivity contribution < 1.29 is 22.6 Å². The smallest absolute Gasteiger partial charge is 0.416 e. The van der Waals surface area contributed by atoms with Crippen molar-refractivity contribution in [3.05, 3.63) is 59.9 Å². The van der Waals surface area contributed by atoms with Gasteiger partial charge in [0.15, 0.2) is 0 Å². The van der Waals surface area contributed by atoms with Crippen LogP contribution in [-0.4, -0.2) is 22.8 Å². The van der Waals surface area contributed by atoms with E-state index in [2.05, 4.69) is 4.98 Å². The van der Waals surface area contributed by atoms with Crippen molar-refractivity contribution in [3.63, 3.8) is 0 Å². The Labute approximate surface area is 155 Å². The molecule has 0 aliphatic carbocycles. The number of halogens is 3. The molecule has 144 valence electrons. The van der Waals surface area contributed by atoms with Gasteiger partial charge in [0.05, 0.1) is 16.6 Å². The van der Waals surface area contributed by atoms with Crippen LogP contribution in [0, 0.1) is 0 Å². The van der Waals surface area contributed by atoms with E-state index < -0.39 is 11.7 Å². The molecule has 0 radical (unpaired) electrons. The van der Waals surface area contributed by atoms with E-state index in [1.54, 1.807) is 0 Å². The molecule has 0 unspecified atom stereocenters. The number of imidazole rings is 1. The maximum atomic E-state index is 13.0. The average molecular weight is 378 g/mol. The van der Waals surface area contributed by atoms with Gasteiger partial charge in [-0.3, -0.25) is 0 Å². The molecule has 0 amide bonds. The monoisotopic (exact) mass is 378 g/mol. The minimum absolute atomic E-state index is 0.175. The highest BCUT2D eigenvalue weighted by atomic mass is 19.4. The SMILES string of the molecule is CCOCCCn1c(COc2ccccc2)nc2cc(C(F)(F)F)ccc21. The molecule has 0 bridgehead atoms. The highest BCUT2D eigenvalue weighted by Gasteiger charge is 2.31. The Kier molecular flexibility index (Phi) is 6.01. The van der Waals surface area contributed by atoms with Gasteiger partial charge in [0, 0.05) is 19.8 Å². The van der Waals surface area contributed by atoms with Gasteiger partial charge in [-0.25, -0.2) is 4.98 Å². The summed E-state index contributed by atoms with van der Waals surface area (Å²) in [6, 6.07) is 12.9. The summed E-state index contributed by atoms with van der Waals surface area (Å²) in [6.07, 6.45) is -3.66. The quantitative estimate of drug-likeness (QED) is 0.514. The van der Waals surface area contributed by atoms with Crippen molar-refractivity contribution in [2.75, 3.05) is 13.2 Å². The molecule has 1 aromatic heterocycles. The maximum Gasteiger partial charge on any atom is 0.416 e. The molecule has 1 heterocycles. The first kappa shape index (κ1) is 19.2. The molecule has 3 rings (SSSR count). The Hall–Kier alpha value is -2.54. The van der Waals surface area contributed by atoms with Crippen LogP contribution in [0.3, 0.4) is 0 Å². The van der Waals surface area contributed by atoms with Crippen molar-refractivity contribution >= 4 is 11.0 Å². The summed E-state index contributed by atoms with van der Waals surface area (Å²) < 4.78 is 52.0. The summed E-state index contributed by atoms with van der Waals surface area (Å²) in [5.74, 6) is 1.27. The number of benzene rings is 2. The lowest BCUT2D eigenvalue weighted by atomic mass is 10.2. The summed E-state index contributed by atoms with van der Waals surface area (Å²) in [6.45, 7) is 3.90. The molecular weight excluding hydrogens is 357 g/mol. The normalized spacial score (nSPS) is 11.9.